The Bertz CT molecular complexity index is 1380. The molecule has 1 saturated heterocycles. The highest BCUT2D eigenvalue weighted by Crippen LogP contribution is 2.22. The molecule has 3 heterocycles. The van der Waals surface area contributed by atoms with Crippen molar-refractivity contribution in [2.75, 3.05) is 13.1 Å². The first-order chi connectivity index (χ1) is 16.9. The van der Waals surface area contributed by atoms with Crippen molar-refractivity contribution >= 4 is 16.9 Å². The third kappa shape index (κ3) is 4.90. The molecule has 1 fully saturated rings. The highest BCUT2D eigenvalue weighted by molar-refractivity contribution is 5.94. The van der Waals surface area contributed by atoms with Gasteiger partial charge in [-0.05, 0) is 37.1 Å². The number of amides is 1. The van der Waals surface area contributed by atoms with Gasteiger partial charge >= 0.3 is 0 Å². The number of nitrogens with one attached hydrogen (secondary N) is 1. The van der Waals surface area contributed by atoms with Crippen molar-refractivity contribution in [2.45, 2.75) is 25.4 Å². The number of carbonyl (C=O) groups excluding carboxylic acids is 1. The van der Waals surface area contributed by atoms with Crippen LogP contribution in [0.15, 0.2) is 54.7 Å². The summed E-state index contributed by atoms with van der Waals surface area (Å²) in [7, 11) is 1.79. The van der Waals surface area contributed by atoms with E-state index in [0.29, 0.717) is 34.4 Å². The Kier molecular flexibility index (Phi) is 6.25. The smallest absolute Gasteiger partial charge is 0.253 e. The van der Waals surface area contributed by atoms with E-state index in [-0.39, 0.29) is 17.8 Å². The largest absolute Gasteiger partial charge is 0.349 e. The third-order valence-corrected chi connectivity index (χ3v) is 6.45. The Morgan fingerprint density at radius 2 is 1.83 bits per heavy atom. The van der Waals surface area contributed by atoms with E-state index in [1.807, 2.05) is 0 Å². The van der Waals surface area contributed by atoms with Crippen LogP contribution in [0.3, 0.4) is 0 Å². The first-order valence-corrected chi connectivity index (χ1v) is 11.4. The third-order valence-electron chi connectivity index (χ3n) is 6.45. The number of carbonyl (C=O) groups is 1. The molecule has 0 radical (unpaired) electrons. The maximum Gasteiger partial charge on any atom is 0.253 e. The molecule has 2 aromatic heterocycles. The second-order valence-corrected chi connectivity index (χ2v) is 8.81. The predicted octanol–water partition coefficient (Wildman–Crippen LogP) is 4.45. The van der Waals surface area contributed by atoms with Crippen molar-refractivity contribution in [1.29, 1.82) is 0 Å². The molecular weight excluding hydrogens is 455 g/mol. The summed E-state index contributed by atoms with van der Waals surface area (Å²) in [5.41, 5.74) is 2.69. The first kappa shape index (κ1) is 23.0. The van der Waals surface area contributed by atoms with Crippen LogP contribution in [-0.2, 0) is 13.6 Å². The van der Waals surface area contributed by atoms with Crippen LogP contribution in [0.25, 0.3) is 22.3 Å². The van der Waals surface area contributed by atoms with Crippen LogP contribution in [0.2, 0.25) is 0 Å². The summed E-state index contributed by atoms with van der Waals surface area (Å²) in [5.74, 6) is -1.59. The van der Waals surface area contributed by atoms with Crippen LogP contribution in [0.4, 0.5) is 13.2 Å². The van der Waals surface area contributed by atoms with Crippen LogP contribution in [-0.4, -0.2) is 44.5 Å². The van der Waals surface area contributed by atoms with E-state index in [1.54, 1.807) is 35.9 Å². The molecule has 0 aliphatic carbocycles. The van der Waals surface area contributed by atoms with Crippen LogP contribution in [0.5, 0.6) is 0 Å². The molecule has 0 atom stereocenters. The molecule has 1 N–H and O–H groups in total. The number of halogens is 3. The van der Waals surface area contributed by atoms with Crippen molar-refractivity contribution in [1.82, 2.24) is 24.8 Å². The summed E-state index contributed by atoms with van der Waals surface area (Å²) in [6.45, 7) is 2.07. The van der Waals surface area contributed by atoms with E-state index in [0.717, 1.165) is 37.8 Å². The molecule has 180 valence electrons. The minimum absolute atomic E-state index is 0.0327. The normalized spacial score (nSPS) is 15.0. The number of imidazole rings is 1. The number of benzene rings is 2. The average molecular weight is 480 g/mol. The zero-order chi connectivity index (χ0) is 24.5. The van der Waals surface area contributed by atoms with Gasteiger partial charge in [0.1, 0.15) is 11.6 Å². The molecule has 1 amide bonds. The van der Waals surface area contributed by atoms with Crippen LogP contribution >= 0.6 is 0 Å². The Morgan fingerprint density at radius 3 is 2.54 bits per heavy atom. The molecule has 9 heteroatoms. The molecule has 1 aliphatic heterocycles. The van der Waals surface area contributed by atoms with Gasteiger partial charge < -0.3 is 9.88 Å². The van der Waals surface area contributed by atoms with Gasteiger partial charge in [-0.15, -0.1) is 0 Å². The second-order valence-electron chi connectivity index (χ2n) is 8.81. The van der Waals surface area contributed by atoms with E-state index >= 15 is 0 Å². The molecule has 5 rings (SSSR count). The Hall–Kier alpha value is -3.72. The Morgan fingerprint density at radius 1 is 1.06 bits per heavy atom. The fourth-order valence-corrected chi connectivity index (χ4v) is 4.43. The van der Waals surface area contributed by atoms with Crippen molar-refractivity contribution in [3.8, 4) is 11.3 Å². The minimum Gasteiger partial charge on any atom is -0.349 e. The number of aromatic nitrogens is 3. The highest BCUT2D eigenvalue weighted by Gasteiger charge is 2.23. The Labute approximate surface area is 200 Å². The average Bonchev–Trinajstić information content (AvgIpc) is 3.14. The molecule has 1 aliphatic rings. The molecule has 0 bridgehead atoms. The van der Waals surface area contributed by atoms with Crippen molar-refractivity contribution in [3.63, 3.8) is 0 Å². The number of aryl methyl sites for hydroxylation is 1. The van der Waals surface area contributed by atoms with E-state index in [4.69, 9.17) is 0 Å². The van der Waals surface area contributed by atoms with Gasteiger partial charge in [0.05, 0.1) is 28.8 Å². The second kappa shape index (κ2) is 9.50. The van der Waals surface area contributed by atoms with E-state index in [1.165, 1.54) is 24.4 Å². The maximum atomic E-state index is 13.6. The lowest BCUT2D eigenvalue weighted by molar-refractivity contribution is 0.0907. The number of piperidine rings is 1. The van der Waals surface area contributed by atoms with Gasteiger partial charge in [-0.2, -0.15) is 0 Å². The highest BCUT2D eigenvalue weighted by atomic mass is 19.2. The van der Waals surface area contributed by atoms with Crippen molar-refractivity contribution in [3.05, 3.63) is 83.6 Å². The molecule has 0 unspecified atom stereocenters. The summed E-state index contributed by atoms with van der Waals surface area (Å²) in [6.07, 6.45) is 3.05. The van der Waals surface area contributed by atoms with Gasteiger partial charge in [-0.1, -0.05) is 12.1 Å². The number of likely N-dealkylation sites (tertiary alicyclic amines) is 1. The summed E-state index contributed by atoms with van der Waals surface area (Å²) < 4.78 is 42.4. The number of nitrogens with zero attached hydrogens (tertiary/aromatic N) is 4. The van der Waals surface area contributed by atoms with Crippen LogP contribution < -0.4 is 5.32 Å². The Balaban J connectivity index is 1.16. The van der Waals surface area contributed by atoms with E-state index < -0.39 is 11.6 Å². The molecule has 0 spiro atoms. The number of fused-ring (bicyclic) bond motifs is 1. The molecule has 35 heavy (non-hydrogen) atoms. The zero-order valence-corrected chi connectivity index (χ0v) is 19.1. The van der Waals surface area contributed by atoms with Gasteiger partial charge in [0, 0.05) is 50.1 Å². The lowest BCUT2D eigenvalue weighted by Crippen LogP contribution is -2.44. The molecule has 0 saturated carbocycles. The fourth-order valence-electron chi connectivity index (χ4n) is 4.43. The first-order valence-electron chi connectivity index (χ1n) is 11.4. The van der Waals surface area contributed by atoms with E-state index in [2.05, 4.69) is 20.2 Å². The molecular formula is C26H24F3N5O. The lowest BCUT2D eigenvalue weighted by Gasteiger charge is -2.32. The summed E-state index contributed by atoms with van der Waals surface area (Å²) >= 11 is 0. The van der Waals surface area contributed by atoms with Gasteiger partial charge in [0.15, 0.2) is 11.6 Å². The van der Waals surface area contributed by atoms with Gasteiger partial charge in [0.25, 0.3) is 5.91 Å². The summed E-state index contributed by atoms with van der Waals surface area (Å²) in [6, 6.07) is 11.9. The summed E-state index contributed by atoms with van der Waals surface area (Å²) in [4.78, 5) is 23.7. The zero-order valence-electron chi connectivity index (χ0n) is 19.1. The number of rotatable bonds is 5. The van der Waals surface area contributed by atoms with Crippen molar-refractivity contribution < 1.29 is 18.0 Å². The minimum atomic E-state index is -0.905. The monoisotopic (exact) mass is 479 g/mol. The number of pyridine rings is 1. The summed E-state index contributed by atoms with van der Waals surface area (Å²) in [5, 5.41) is 3.06. The predicted molar refractivity (Wildman–Crippen MR) is 126 cm³/mol. The van der Waals surface area contributed by atoms with Gasteiger partial charge in [-0.25, -0.2) is 18.2 Å². The van der Waals surface area contributed by atoms with E-state index in [9.17, 15) is 18.0 Å². The van der Waals surface area contributed by atoms with Crippen molar-refractivity contribution in [2.24, 2.45) is 7.05 Å². The quantitative estimate of drug-likeness (QED) is 0.460. The molecule has 4 aromatic rings. The molecule has 6 nitrogen and oxygen atoms in total. The maximum absolute atomic E-state index is 13.6. The molecule has 2 aromatic carbocycles. The SMILES string of the molecule is Cn1c(CN2CCC(NC(=O)c3ccc(-c4cccc(F)c4)nc3)CC2)nc2cc(F)c(F)cc21. The standard InChI is InChI=1S/C26H24F3N5O/c1-33-24-13-21(29)20(28)12-23(24)32-25(33)15-34-9-7-19(8-10-34)31-26(35)17-5-6-22(30-14-17)16-3-2-4-18(27)11-16/h2-6,11-14,19H,7-10,15H2,1H3,(H,31,35). The van der Waals surface area contributed by atoms with Gasteiger partial charge in [-0.3, -0.25) is 14.7 Å². The van der Waals surface area contributed by atoms with Gasteiger partial charge in [0.2, 0.25) is 0 Å². The fraction of sp³-hybridized carbons (Fsp3) is 0.269. The topological polar surface area (TPSA) is 63.0 Å². The van der Waals surface area contributed by atoms with Crippen LogP contribution in [0.1, 0.15) is 29.0 Å². The number of hydrogen-bond acceptors (Lipinski definition) is 4. The lowest BCUT2D eigenvalue weighted by atomic mass is 10.0. The number of hydrogen-bond donors (Lipinski definition) is 1. The van der Waals surface area contributed by atoms with Crippen LogP contribution in [0, 0.1) is 17.5 Å².